The van der Waals surface area contributed by atoms with Crippen molar-refractivity contribution in [2.24, 2.45) is 0 Å². The summed E-state index contributed by atoms with van der Waals surface area (Å²) in [5, 5.41) is 39.2. The van der Waals surface area contributed by atoms with E-state index in [2.05, 4.69) is 39.5 Å². The molecule has 0 bridgehead atoms. The van der Waals surface area contributed by atoms with Crippen LogP contribution in [0.25, 0.3) is 0 Å². The molecule has 0 spiro atoms. The minimum Gasteiger partial charge on any atom is -0.394 e. The summed E-state index contributed by atoms with van der Waals surface area (Å²) in [6.45, 7) is 11.4. The van der Waals surface area contributed by atoms with Crippen molar-refractivity contribution in [2.45, 2.75) is 89.7 Å². The molecule has 0 aromatic heterocycles. The molecule has 1 heterocycles. The monoisotopic (exact) mass is 384 g/mol. The fourth-order valence-corrected chi connectivity index (χ4v) is 2.93. The van der Waals surface area contributed by atoms with E-state index in [0.717, 1.165) is 19.3 Å². The van der Waals surface area contributed by atoms with E-state index in [4.69, 9.17) is 9.47 Å². The molecule has 6 atom stereocenters. The quantitative estimate of drug-likeness (QED) is 0.431. The van der Waals surface area contributed by atoms with Crippen LogP contribution in [0.15, 0.2) is 36.0 Å². The van der Waals surface area contributed by atoms with Gasteiger partial charge in [-0.3, -0.25) is 0 Å². The van der Waals surface area contributed by atoms with Crippen molar-refractivity contribution < 1.29 is 29.9 Å². The zero-order chi connectivity index (χ0) is 20.6. The van der Waals surface area contributed by atoms with Gasteiger partial charge in [-0.15, -0.1) is 6.58 Å². The van der Waals surface area contributed by atoms with Gasteiger partial charge < -0.3 is 29.9 Å². The Bertz CT molecular complexity index is 523. The van der Waals surface area contributed by atoms with E-state index >= 15 is 0 Å². The summed E-state index contributed by atoms with van der Waals surface area (Å²) < 4.78 is 11.3. The van der Waals surface area contributed by atoms with Gasteiger partial charge in [0.25, 0.3) is 0 Å². The topological polar surface area (TPSA) is 99.4 Å². The van der Waals surface area contributed by atoms with Crippen molar-refractivity contribution in [3.63, 3.8) is 0 Å². The summed E-state index contributed by atoms with van der Waals surface area (Å²) in [5.41, 5.74) is 1.83. The lowest BCUT2D eigenvalue weighted by atomic mass is 9.96. The highest BCUT2D eigenvalue weighted by Crippen LogP contribution is 2.29. The van der Waals surface area contributed by atoms with E-state index in [1.165, 1.54) is 11.1 Å². The summed E-state index contributed by atoms with van der Waals surface area (Å²) >= 11 is 0. The van der Waals surface area contributed by atoms with Crippen LogP contribution in [0.5, 0.6) is 0 Å². The van der Waals surface area contributed by atoms with Gasteiger partial charge in [0.15, 0.2) is 6.29 Å². The highest BCUT2D eigenvalue weighted by Gasteiger charge is 2.45. The molecule has 156 valence electrons. The Morgan fingerprint density at radius 1 is 1.07 bits per heavy atom. The molecular weight excluding hydrogens is 348 g/mol. The largest absolute Gasteiger partial charge is 0.394 e. The Labute approximate surface area is 162 Å². The molecule has 4 N–H and O–H groups in total. The van der Waals surface area contributed by atoms with Crippen LogP contribution in [0.1, 0.15) is 53.4 Å². The first-order valence-corrected chi connectivity index (χ1v) is 9.54. The maximum absolute atomic E-state index is 10.1. The molecular formula is C21H36O6. The number of ether oxygens (including phenoxy) is 2. The third-order valence-corrected chi connectivity index (χ3v) is 4.89. The van der Waals surface area contributed by atoms with Crippen LogP contribution in [-0.2, 0) is 9.47 Å². The Morgan fingerprint density at radius 3 is 2.30 bits per heavy atom. The van der Waals surface area contributed by atoms with E-state index in [0.29, 0.717) is 6.42 Å². The van der Waals surface area contributed by atoms with Gasteiger partial charge in [0.1, 0.15) is 24.4 Å². The Balaban J connectivity index is 2.64. The van der Waals surface area contributed by atoms with E-state index in [1.807, 2.05) is 6.92 Å². The van der Waals surface area contributed by atoms with E-state index in [1.54, 1.807) is 6.08 Å². The highest BCUT2D eigenvalue weighted by atomic mass is 16.7. The van der Waals surface area contributed by atoms with Crippen LogP contribution in [0.4, 0.5) is 0 Å². The van der Waals surface area contributed by atoms with E-state index in [9.17, 15) is 20.4 Å². The van der Waals surface area contributed by atoms with Crippen molar-refractivity contribution in [1.82, 2.24) is 0 Å². The average Bonchev–Trinajstić information content (AvgIpc) is 2.62. The Kier molecular flexibility index (Phi) is 9.87. The Hall–Kier alpha value is -1.02. The van der Waals surface area contributed by atoms with Gasteiger partial charge in [-0.05, 0) is 53.4 Å². The molecule has 0 aromatic rings. The smallest absolute Gasteiger partial charge is 0.187 e. The predicted octanol–water partition coefficient (Wildman–Crippen LogP) is 2.22. The van der Waals surface area contributed by atoms with E-state index < -0.39 is 42.9 Å². The Morgan fingerprint density at radius 2 is 1.74 bits per heavy atom. The van der Waals surface area contributed by atoms with Crippen molar-refractivity contribution in [2.75, 3.05) is 6.61 Å². The molecule has 0 unspecified atom stereocenters. The number of aliphatic hydroxyl groups is 4. The van der Waals surface area contributed by atoms with Crippen LogP contribution in [0.3, 0.4) is 0 Å². The molecule has 6 nitrogen and oxygen atoms in total. The van der Waals surface area contributed by atoms with Crippen LogP contribution in [-0.4, -0.2) is 63.3 Å². The molecule has 0 radical (unpaired) electrons. The lowest BCUT2D eigenvalue weighted by Crippen LogP contribution is -2.60. The fraction of sp³-hybridized carbons (Fsp3) is 0.714. The summed E-state index contributed by atoms with van der Waals surface area (Å²) in [4.78, 5) is 0. The van der Waals surface area contributed by atoms with Gasteiger partial charge in [0.05, 0.1) is 12.2 Å². The number of hydrogen-bond acceptors (Lipinski definition) is 6. The van der Waals surface area contributed by atoms with Gasteiger partial charge in [0, 0.05) is 0 Å². The molecule has 0 aliphatic carbocycles. The first kappa shape index (κ1) is 24.0. The number of hydrogen-bond donors (Lipinski definition) is 4. The fourth-order valence-electron chi connectivity index (χ4n) is 2.93. The van der Waals surface area contributed by atoms with Crippen LogP contribution >= 0.6 is 0 Å². The predicted molar refractivity (Wildman–Crippen MR) is 105 cm³/mol. The molecule has 0 saturated carbocycles. The van der Waals surface area contributed by atoms with Gasteiger partial charge >= 0.3 is 0 Å². The third kappa shape index (κ3) is 7.49. The van der Waals surface area contributed by atoms with Crippen LogP contribution in [0.2, 0.25) is 0 Å². The molecule has 1 fully saturated rings. The van der Waals surface area contributed by atoms with Gasteiger partial charge in [-0.25, -0.2) is 0 Å². The first-order valence-electron chi connectivity index (χ1n) is 9.54. The average molecular weight is 385 g/mol. The standard InChI is InChI=1S/C21H36O6/c1-6-21(5,12-8-11-15(4)10-7-9-14(2)3)27-20-19(25)18(24)17(23)16(13-22)26-20/h6,9,11,16-20,22-25H,1,7-8,10,12-13H2,2-5H3/b15-11+/t16-,17-,18+,19+,20+,21+/m0/s1. The highest BCUT2D eigenvalue weighted by molar-refractivity contribution is 5.04. The zero-order valence-corrected chi connectivity index (χ0v) is 17.0. The molecule has 0 amide bonds. The van der Waals surface area contributed by atoms with Crippen molar-refractivity contribution in [3.05, 3.63) is 36.0 Å². The molecule has 6 heteroatoms. The lowest BCUT2D eigenvalue weighted by molar-refractivity contribution is -0.319. The number of allylic oxidation sites excluding steroid dienone is 4. The zero-order valence-electron chi connectivity index (χ0n) is 17.0. The van der Waals surface area contributed by atoms with Crippen LogP contribution < -0.4 is 0 Å². The normalized spacial score (nSPS) is 31.3. The van der Waals surface area contributed by atoms with Crippen molar-refractivity contribution in [3.8, 4) is 0 Å². The summed E-state index contributed by atoms with van der Waals surface area (Å²) in [7, 11) is 0. The summed E-state index contributed by atoms with van der Waals surface area (Å²) in [6, 6.07) is 0. The molecule has 1 rings (SSSR count). The molecule has 27 heavy (non-hydrogen) atoms. The SMILES string of the molecule is C=C[C@](C)(CC/C=C(\C)CCC=C(C)C)O[C@H]1O[C@@H](CO)[C@H](O)[C@@H](O)[C@H]1O. The second-order valence-corrected chi connectivity index (χ2v) is 7.74. The van der Waals surface area contributed by atoms with Gasteiger partial charge in [-0.1, -0.05) is 29.4 Å². The summed E-state index contributed by atoms with van der Waals surface area (Å²) in [5.74, 6) is 0. The number of aliphatic hydroxyl groups excluding tert-OH is 4. The van der Waals surface area contributed by atoms with Crippen molar-refractivity contribution in [1.29, 1.82) is 0 Å². The first-order chi connectivity index (χ1) is 12.6. The minimum atomic E-state index is -1.45. The minimum absolute atomic E-state index is 0.483. The van der Waals surface area contributed by atoms with E-state index in [-0.39, 0.29) is 0 Å². The van der Waals surface area contributed by atoms with Crippen LogP contribution in [0, 0.1) is 0 Å². The molecule has 1 aliphatic rings. The molecule has 1 aliphatic heterocycles. The number of rotatable bonds is 10. The maximum Gasteiger partial charge on any atom is 0.187 e. The lowest BCUT2D eigenvalue weighted by Gasteiger charge is -2.42. The molecule has 1 saturated heterocycles. The summed E-state index contributed by atoms with van der Waals surface area (Å²) in [6.07, 6.45) is 3.01. The second-order valence-electron chi connectivity index (χ2n) is 7.74. The molecule has 0 aromatic carbocycles. The maximum atomic E-state index is 10.1. The van der Waals surface area contributed by atoms with Crippen molar-refractivity contribution >= 4 is 0 Å². The second kappa shape index (κ2) is 11.1. The van der Waals surface area contributed by atoms with Gasteiger partial charge in [0.2, 0.25) is 0 Å². The van der Waals surface area contributed by atoms with Gasteiger partial charge in [-0.2, -0.15) is 0 Å². The third-order valence-electron chi connectivity index (χ3n) is 4.89.